The first-order valence-corrected chi connectivity index (χ1v) is 16.0. The van der Waals surface area contributed by atoms with Crippen LogP contribution in [-0.4, -0.2) is 40.0 Å². The van der Waals surface area contributed by atoms with Gasteiger partial charge in [-0.1, -0.05) is 56.3 Å². The van der Waals surface area contributed by atoms with Gasteiger partial charge in [-0.25, -0.2) is 4.68 Å². The molecule has 2 heterocycles. The molecule has 0 spiro atoms. The van der Waals surface area contributed by atoms with Crippen molar-refractivity contribution in [2.24, 2.45) is 0 Å². The first-order chi connectivity index (χ1) is 18.6. The molecule has 202 valence electrons. The molecule has 39 heavy (non-hydrogen) atoms. The second kappa shape index (κ2) is 10.6. The van der Waals surface area contributed by atoms with Crippen LogP contribution in [-0.2, 0) is 15.8 Å². The molecule has 0 fully saturated rings. The largest absolute Gasteiger partial charge is 0.375 e. The van der Waals surface area contributed by atoms with Crippen LogP contribution in [0.2, 0.25) is 0 Å². The number of rotatable bonds is 8. The normalized spacial score (nSPS) is 12.9. The van der Waals surface area contributed by atoms with E-state index in [9.17, 15) is 4.57 Å². The van der Waals surface area contributed by atoms with Crippen molar-refractivity contribution in [3.63, 3.8) is 0 Å². The van der Waals surface area contributed by atoms with Gasteiger partial charge in [0.25, 0.3) is 0 Å². The van der Waals surface area contributed by atoms with Crippen molar-refractivity contribution in [2.45, 2.75) is 46.3 Å². The molecule has 1 atom stereocenters. The van der Waals surface area contributed by atoms with Crippen molar-refractivity contribution in [2.75, 3.05) is 20.4 Å². The van der Waals surface area contributed by atoms with Gasteiger partial charge in [-0.05, 0) is 68.5 Å². The lowest BCUT2D eigenvalue weighted by Gasteiger charge is -2.15. The highest BCUT2D eigenvalue weighted by molar-refractivity contribution is 7.70. The van der Waals surface area contributed by atoms with Crippen LogP contribution in [0.3, 0.4) is 0 Å². The van der Waals surface area contributed by atoms with Gasteiger partial charge in [0.2, 0.25) is 0 Å². The SMILES string of the molecule is COC(Cn1cc2c(-c3nn(-c4ccc(P(C)(C)=O)cc4C)c(C)c3C(C)C)cccc2n1)c1ccccc1. The second-order valence-corrected chi connectivity index (χ2v) is 14.2. The number of methoxy groups -OCH3 is 1. The van der Waals surface area contributed by atoms with Gasteiger partial charge in [-0.15, -0.1) is 0 Å². The predicted molar refractivity (Wildman–Crippen MR) is 161 cm³/mol. The van der Waals surface area contributed by atoms with Crippen molar-refractivity contribution in [3.05, 3.63) is 95.3 Å². The summed E-state index contributed by atoms with van der Waals surface area (Å²) in [7, 11) is -0.601. The molecule has 1 unspecified atom stereocenters. The summed E-state index contributed by atoms with van der Waals surface area (Å²) in [5.74, 6) is 0.279. The summed E-state index contributed by atoms with van der Waals surface area (Å²) in [6.07, 6.45) is 2.02. The van der Waals surface area contributed by atoms with Crippen LogP contribution < -0.4 is 5.30 Å². The molecule has 0 amide bonds. The van der Waals surface area contributed by atoms with E-state index in [1.807, 2.05) is 59.1 Å². The van der Waals surface area contributed by atoms with E-state index in [1.54, 1.807) is 7.11 Å². The first-order valence-electron chi connectivity index (χ1n) is 13.4. The number of ether oxygens (including phenoxy) is 1. The molecule has 2 aromatic heterocycles. The maximum Gasteiger partial charge on any atom is 0.109 e. The zero-order valence-electron chi connectivity index (χ0n) is 23.8. The third-order valence-electron chi connectivity index (χ3n) is 7.43. The summed E-state index contributed by atoms with van der Waals surface area (Å²) in [5.41, 5.74) is 8.49. The first kappa shape index (κ1) is 27.1. The Kier molecular flexibility index (Phi) is 7.37. The van der Waals surface area contributed by atoms with Gasteiger partial charge in [0.05, 0.1) is 23.4 Å². The van der Waals surface area contributed by atoms with Gasteiger partial charge < -0.3 is 9.30 Å². The fourth-order valence-electron chi connectivity index (χ4n) is 5.40. The van der Waals surface area contributed by atoms with Gasteiger partial charge in [0.15, 0.2) is 0 Å². The van der Waals surface area contributed by atoms with Crippen molar-refractivity contribution in [1.82, 2.24) is 19.6 Å². The molecule has 6 nitrogen and oxygen atoms in total. The van der Waals surface area contributed by atoms with Crippen LogP contribution in [0.5, 0.6) is 0 Å². The highest BCUT2D eigenvalue weighted by atomic mass is 31.2. The molecular weight excluding hydrogens is 503 g/mol. The third kappa shape index (κ3) is 5.24. The van der Waals surface area contributed by atoms with Crippen molar-refractivity contribution in [3.8, 4) is 16.9 Å². The minimum Gasteiger partial charge on any atom is -0.375 e. The van der Waals surface area contributed by atoms with E-state index in [0.29, 0.717) is 6.54 Å². The van der Waals surface area contributed by atoms with Crippen LogP contribution in [0.25, 0.3) is 27.8 Å². The Morgan fingerprint density at radius 2 is 1.69 bits per heavy atom. The number of hydrogen-bond donors (Lipinski definition) is 0. The highest BCUT2D eigenvalue weighted by Crippen LogP contribution is 2.38. The van der Waals surface area contributed by atoms with Crippen molar-refractivity contribution >= 4 is 23.3 Å². The van der Waals surface area contributed by atoms with E-state index in [0.717, 1.165) is 50.0 Å². The Bertz CT molecular complexity index is 1680. The number of nitrogens with zero attached hydrogens (tertiary/aromatic N) is 4. The molecule has 0 radical (unpaired) electrons. The summed E-state index contributed by atoms with van der Waals surface area (Å²) >= 11 is 0. The molecule has 7 heteroatoms. The zero-order valence-corrected chi connectivity index (χ0v) is 24.7. The number of hydrogen-bond acceptors (Lipinski definition) is 4. The summed E-state index contributed by atoms with van der Waals surface area (Å²) in [4.78, 5) is 0. The van der Waals surface area contributed by atoms with E-state index in [-0.39, 0.29) is 12.0 Å². The Morgan fingerprint density at radius 1 is 0.949 bits per heavy atom. The summed E-state index contributed by atoms with van der Waals surface area (Å²) in [5, 5.41) is 12.0. The van der Waals surface area contributed by atoms with Crippen LogP contribution in [0.4, 0.5) is 0 Å². The maximum atomic E-state index is 12.7. The lowest BCUT2D eigenvalue weighted by molar-refractivity contribution is 0.0848. The summed E-state index contributed by atoms with van der Waals surface area (Å²) in [6, 6.07) is 22.5. The van der Waals surface area contributed by atoms with Gasteiger partial charge in [0.1, 0.15) is 13.2 Å². The molecule has 0 aliphatic carbocycles. The van der Waals surface area contributed by atoms with Gasteiger partial charge >= 0.3 is 0 Å². The minimum atomic E-state index is -2.34. The standard InChI is InChI=1S/C32H37N4O2P/c1-21(2)31-23(4)36(29-17-16-25(18-22(29)3)39(6,7)37)34-32(31)26-14-11-15-28-27(26)19-35(33-28)20-30(38-5)24-12-9-8-10-13-24/h8-19,21,30H,20H2,1-7H3. The molecule has 0 saturated heterocycles. The van der Waals surface area contributed by atoms with E-state index >= 15 is 0 Å². The Morgan fingerprint density at radius 3 is 2.33 bits per heavy atom. The fourth-order valence-corrected chi connectivity index (χ4v) is 6.34. The predicted octanol–water partition coefficient (Wildman–Crippen LogP) is 7.26. The van der Waals surface area contributed by atoms with E-state index < -0.39 is 7.14 Å². The Labute approximate surface area is 231 Å². The van der Waals surface area contributed by atoms with Gasteiger partial charge in [-0.2, -0.15) is 10.2 Å². The molecule has 0 saturated carbocycles. The molecule has 0 N–H and O–H groups in total. The summed E-state index contributed by atoms with van der Waals surface area (Å²) in [6.45, 7) is 12.9. The lowest BCUT2D eigenvalue weighted by Crippen LogP contribution is -2.11. The Balaban J connectivity index is 1.60. The number of fused-ring (bicyclic) bond motifs is 1. The minimum absolute atomic E-state index is 0.0934. The Hall–Kier alpha value is -3.47. The topological polar surface area (TPSA) is 61.9 Å². The lowest BCUT2D eigenvalue weighted by atomic mass is 9.95. The van der Waals surface area contributed by atoms with Crippen LogP contribution in [0.1, 0.15) is 48.3 Å². The van der Waals surface area contributed by atoms with E-state index in [1.165, 1.54) is 5.56 Å². The maximum absolute atomic E-state index is 12.7. The van der Waals surface area contributed by atoms with Crippen molar-refractivity contribution in [1.29, 1.82) is 0 Å². The molecule has 3 aromatic carbocycles. The van der Waals surface area contributed by atoms with Gasteiger partial charge in [0, 0.05) is 40.8 Å². The van der Waals surface area contributed by atoms with Crippen LogP contribution >= 0.6 is 7.14 Å². The molecule has 0 bridgehead atoms. The third-order valence-corrected chi connectivity index (χ3v) is 8.95. The van der Waals surface area contributed by atoms with Crippen molar-refractivity contribution < 1.29 is 9.30 Å². The quantitative estimate of drug-likeness (QED) is 0.194. The number of aromatic nitrogens is 4. The van der Waals surface area contributed by atoms with Crippen LogP contribution in [0.15, 0.2) is 72.9 Å². The molecule has 5 aromatic rings. The highest BCUT2D eigenvalue weighted by Gasteiger charge is 2.23. The smallest absolute Gasteiger partial charge is 0.109 e. The molecular formula is C32H37N4O2P. The fraction of sp³-hybridized carbons (Fsp3) is 0.312. The number of benzene rings is 3. The number of aryl methyl sites for hydroxylation is 1. The monoisotopic (exact) mass is 540 g/mol. The molecule has 0 aliphatic rings. The average molecular weight is 541 g/mol. The van der Waals surface area contributed by atoms with E-state index in [4.69, 9.17) is 14.9 Å². The zero-order chi connectivity index (χ0) is 27.9. The molecule has 5 rings (SSSR count). The summed E-state index contributed by atoms with van der Waals surface area (Å²) < 4.78 is 22.5. The second-order valence-electron chi connectivity index (χ2n) is 11.0. The van der Waals surface area contributed by atoms with Crippen LogP contribution in [0, 0.1) is 13.8 Å². The molecule has 0 aliphatic heterocycles. The van der Waals surface area contributed by atoms with Gasteiger partial charge in [-0.3, -0.25) is 4.68 Å². The van der Waals surface area contributed by atoms with E-state index in [2.05, 4.69) is 64.2 Å². The average Bonchev–Trinajstić information content (AvgIpc) is 3.47.